The number of carbonyl (C=O) groups excluding carboxylic acids is 2. The normalized spacial score (nSPS) is 26.9. The molecule has 0 bridgehead atoms. The van der Waals surface area contributed by atoms with E-state index >= 15 is 0 Å². The molecule has 0 aliphatic carbocycles. The molecule has 0 aromatic heterocycles. The molecule has 1 amide bonds. The van der Waals surface area contributed by atoms with Crippen LogP contribution < -0.4 is 10.6 Å². The largest absolute Gasteiger partial charge is 0.467 e. The minimum atomic E-state index is -0.589. The molecule has 1 aliphatic heterocycles. The molecule has 2 N–H and O–H groups in total. The summed E-state index contributed by atoms with van der Waals surface area (Å²) in [6.45, 7) is 4.52. The van der Waals surface area contributed by atoms with E-state index in [2.05, 4.69) is 15.4 Å². The molecule has 1 saturated heterocycles. The van der Waals surface area contributed by atoms with Gasteiger partial charge < -0.3 is 15.4 Å². The van der Waals surface area contributed by atoms with Crippen LogP contribution in [0.15, 0.2) is 0 Å². The standard InChI is InChI=1S/C11H20N2O3/c1-7-5-4-6-12-9(7)10(14)13-8(2)11(15)16-3/h7-9,12H,4-6H2,1-3H3,(H,13,14). The third-order valence-corrected chi connectivity index (χ3v) is 2.97. The predicted molar refractivity (Wildman–Crippen MR) is 59.8 cm³/mol. The van der Waals surface area contributed by atoms with Gasteiger partial charge in [0.2, 0.25) is 5.91 Å². The summed E-state index contributed by atoms with van der Waals surface area (Å²) in [4.78, 5) is 23.0. The van der Waals surface area contributed by atoms with Gasteiger partial charge in [-0.1, -0.05) is 6.92 Å². The highest BCUT2D eigenvalue weighted by atomic mass is 16.5. The van der Waals surface area contributed by atoms with Crippen LogP contribution in [0.4, 0.5) is 0 Å². The number of amides is 1. The van der Waals surface area contributed by atoms with Gasteiger partial charge >= 0.3 is 5.97 Å². The van der Waals surface area contributed by atoms with Gasteiger partial charge in [-0.3, -0.25) is 4.79 Å². The van der Waals surface area contributed by atoms with Gasteiger partial charge in [-0.05, 0) is 32.2 Å². The minimum absolute atomic E-state index is 0.120. The maximum atomic E-state index is 11.9. The Labute approximate surface area is 95.9 Å². The lowest BCUT2D eigenvalue weighted by Gasteiger charge is -2.29. The first-order valence-electron chi connectivity index (χ1n) is 5.68. The molecule has 3 atom stereocenters. The lowest BCUT2D eigenvalue weighted by Crippen LogP contribution is -2.54. The average molecular weight is 228 g/mol. The van der Waals surface area contributed by atoms with Crippen molar-refractivity contribution in [2.75, 3.05) is 13.7 Å². The summed E-state index contributed by atoms with van der Waals surface area (Å²) < 4.78 is 4.55. The van der Waals surface area contributed by atoms with Crippen LogP contribution in [0.3, 0.4) is 0 Å². The number of ether oxygens (including phenoxy) is 1. The number of rotatable bonds is 3. The van der Waals surface area contributed by atoms with Crippen LogP contribution in [0.5, 0.6) is 0 Å². The van der Waals surface area contributed by atoms with Crippen LogP contribution in [-0.2, 0) is 14.3 Å². The summed E-state index contributed by atoms with van der Waals surface area (Å²) in [5, 5.41) is 5.82. The molecule has 3 unspecified atom stereocenters. The Morgan fingerprint density at radius 2 is 2.19 bits per heavy atom. The third-order valence-electron chi connectivity index (χ3n) is 2.97. The molecule has 92 valence electrons. The lowest BCUT2D eigenvalue weighted by molar-refractivity contribution is -0.145. The summed E-state index contributed by atoms with van der Waals surface area (Å²) >= 11 is 0. The predicted octanol–water partition coefficient (Wildman–Crippen LogP) is 0.0522. The number of nitrogens with one attached hydrogen (secondary N) is 2. The van der Waals surface area contributed by atoms with Crippen molar-refractivity contribution >= 4 is 11.9 Å². The fourth-order valence-corrected chi connectivity index (χ4v) is 1.94. The summed E-state index contributed by atoms with van der Waals surface area (Å²) in [5.41, 5.74) is 0. The highest BCUT2D eigenvalue weighted by Gasteiger charge is 2.29. The highest BCUT2D eigenvalue weighted by Crippen LogP contribution is 2.15. The Kier molecular flexibility index (Phi) is 4.73. The van der Waals surface area contributed by atoms with Crippen molar-refractivity contribution in [1.82, 2.24) is 10.6 Å². The molecule has 0 aromatic rings. The summed E-state index contributed by atoms with van der Waals surface area (Å²) in [7, 11) is 1.31. The van der Waals surface area contributed by atoms with Gasteiger partial charge in [0, 0.05) is 0 Å². The summed E-state index contributed by atoms with van der Waals surface area (Å²) in [5.74, 6) is -0.236. The number of esters is 1. The summed E-state index contributed by atoms with van der Waals surface area (Å²) in [6, 6.07) is -0.783. The fourth-order valence-electron chi connectivity index (χ4n) is 1.94. The number of carbonyl (C=O) groups is 2. The van der Waals surface area contributed by atoms with Crippen LogP contribution in [0.1, 0.15) is 26.7 Å². The van der Waals surface area contributed by atoms with Crippen LogP contribution >= 0.6 is 0 Å². The molecular weight excluding hydrogens is 208 g/mol. The second-order valence-electron chi connectivity index (χ2n) is 4.30. The van der Waals surface area contributed by atoms with Crippen molar-refractivity contribution in [3.05, 3.63) is 0 Å². The second-order valence-corrected chi connectivity index (χ2v) is 4.30. The number of hydrogen-bond donors (Lipinski definition) is 2. The zero-order valence-electron chi connectivity index (χ0n) is 10.1. The van der Waals surface area contributed by atoms with Crippen molar-refractivity contribution in [2.24, 2.45) is 5.92 Å². The second kappa shape index (κ2) is 5.84. The Hall–Kier alpha value is -1.10. The maximum Gasteiger partial charge on any atom is 0.328 e. The Morgan fingerprint density at radius 1 is 1.50 bits per heavy atom. The first-order chi connectivity index (χ1) is 7.56. The Bertz CT molecular complexity index is 268. The fraction of sp³-hybridized carbons (Fsp3) is 0.818. The average Bonchev–Trinajstić information content (AvgIpc) is 2.28. The molecule has 0 saturated carbocycles. The number of hydrogen-bond acceptors (Lipinski definition) is 4. The van der Waals surface area contributed by atoms with Gasteiger partial charge in [0.25, 0.3) is 0 Å². The van der Waals surface area contributed by atoms with Gasteiger partial charge in [0.15, 0.2) is 0 Å². The molecule has 5 nitrogen and oxygen atoms in total. The van der Waals surface area contributed by atoms with Crippen LogP contribution in [0, 0.1) is 5.92 Å². The molecule has 5 heteroatoms. The van der Waals surface area contributed by atoms with Gasteiger partial charge in [-0.25, -0.2) is 4.79 Å². The Morgan fingerprint density at radius 3 is 2.75 bits per heavy atom. The van der Waals surface area contributed by atoms with E-state index in [4.69, 9.17) is 0 Å². The third kappa shape index (κ3) is 3.20. The molecule has 0 spiro atoms. The number of methoxy groups -OCH3 is 1. The highest BCUT2D eigenvalue weighted by molar-refractivity contribution is 5.87. The quantitative estimate of drug-likeness (QED) is 0.670. The zero-order valence-corrected chi connectivity index (χ0v) is 10.1. The molecular formula is C11H20N2O3. The SMILES string of the molecule is COC(=O)C(C)NC(=O)C1NCCCC1C. The van der Waals surface area contributed by atoms with Gasteiger partial charge in [0.1, 0.15) is 6.04 Å². The maximum absolute atomic E-state index is 11.9. The van der Waals surface area contributed by atoms with Crippen molar-refractivity contribution in [2.45, 2.75) is 38.8 Å². The van der Waals surface area contributed by atoms with E-state index in [9.17, 15) is 9.59 Å². The van der Waals surface area contributed by atoms with Crippen molar-refractivity contribution in [1.29, 1.82) is 0 Å². The first-order valence-corrected chi connectivity index (χ1v) is 5.68. The number of piperidine rings is 1. The van der Waals surface area contributed by atoms with Crippen molar-refractivity contribution in [3.63, 3.8) is 0 Å². The van der Waals surface area contributed by atoms with Crippen LogP contribution in [0.25, 0.3) is 0 Å². The molecule has 1 rings (SSSR count). The topological polar surface area (TPSA) is 67.4 Å². The minimum Gasteiger partial charge on any atom is -0.467 e. The van der Waals surface area contributed by atoms with Crippen LogP contribution in [-0.4, -0.2) is 37.6 Å². The molecule has 1 heterocycles. The lowest BCUT2D eigenvalue weighted by atomic mass is 9.92. The van der Waals surface area contributed by atoms with Crippen molar-refractivity contribution in [3.8, 4) is 0 Å². The first kappa shape index (κ1) is 13.0. The van der Waals surface area contributed by atoms with E-state index < -0.39 is 12.0 Å². The van der Waals surface area contributed by atoms with Crippen LogP contribution in [0.2, 0.25) is 0 Å². The van der Waals surface area contributed by atoms with E-state index in [1.807, 2.05) is 6.92 Å². The molecule has 0 aromatic carbocycles. The van der Waals surface area contributed by atoms with E-state index in [0.717, 1.165) is 19.4 Å². The van der Waals surface area contributed by atoms with E-state index in [0.29, 0.717) is 5.92 Å². The van der Waals surface area contributed by atoms with E-state index in [-0.39, 0.29) is 11.9 Å². The van der Waals surface area contributed by atoms with Gasteiger partial charge in [-0.15, -0.1) is 0 Å². The molecule has 16 heavy (non-hydrogen) atoms. The zero-order chi connectivity index (χ0) is 12.1. The van der Waals surface area contributed by atoms with Gasteiger partial charge in [-0.2, -0.15) is 0 Å². The van der Waals surface area contributed by atoms with E-state index in [1.54, 1.807) is 6.92 Å². The smallest absolute Gasteiger partial charge is 0.328 e. The molecule has 1 aliphatic rings. The molecule has 0 radical (unpaired) electrons. The Balaban J connectivity index is 2.47. The van der Waals surface area contributed by atoms with Crippen molar-refractivity contribution < 1.29 is 14.3 Å². The summed E-state index contributed by atoms with van der Waals surface area (Å²) in [6.07, 6.45) is 2.13. The van der Waals surface area contributed by atoms with Gasteiger partial charge in [0.05, 0.1) is 13.2 Å². The monoisotopic (exact) mass is 228 g/mol. The molecule has 1 fully saturated rings. The van der Waals surface area contributed by atoms with E-state index in [1.165, 1.54) is 7.11 Å².